The minimum Gasteiger partial charge on any atom is -0.363 e. The van der Waals surface area contributed by atoms with Gasteiger partial charge < -0.3 is 14.4 Å². The van der Waals surface area contributed by atoms with Crippen molar-refractivity contribution in [3.05, 3.63) is 47.0 Å². The van der Waals surface area contributed by atoms with E-state index in [4.69, 9.17) is 4.52 Å². The summed E-state index contributed by atoms with van der Waals surface area (Å²) >= 11 is 0. The fourth-order valence-corrected chi connectivity index (χ4v) is 3.43. The Hall–Kier alpha value is -2.63. The van der Waals surface area contributed by atoms with Crippen molar-refractivity contribution in [1.82, 2.24) is 20.0 Å². The second-order valence-electron chi connectivity index (χ2n) is 6.04. The summed E-state index contributed by atoms with van der Waals surface area (Å²) in [5.74, 6) is 0.0175. The molecule has 1 fully saturated rings. The average Bonchev–Trinajstić information content (AvgIpc) is 3.25. The summed E-state index contributed by atoms with van der Waals surface area (Å²) in [5, 5.41) is 4.68. The normalized spacial score (nSPS) is 18.0. The van der Waals surface area contributed by atoms with E-state index in [-0.39, 0.29) is 11.9 Å². The first-order valence-electron chi connectivity index (χ1n) is 7.83. The number of pyridine rings is 1. The number of fused-ring (bicyclic) bond motifs is 1. The van der Waals surface area contributed by atoms with E-state index in [1.54, 1.807) is 0 Å². The summed E-state index contributed by atoms with van der Waals surface area (Å²) in [6, 6.07) is 5.93. The second kappa shape index (κ2) is 5.22. The lowest BCUT2D eigenvalue weighted by molar-refractivity contribution is 0.0735. The molecule has 0 unspecified atom stereocenters. The van der Waals surface area contributed by atoms with E-state index < -0.39 is 0 Å². The summed E-state index contributed by atoms with van der Waals surface area (Å²) < 4.78 is 5.24. The minimum atomic E-state index is 0.0175. The molecule has 1 saturated heterocycles. The van der Waals surface area contributed by atoms with Gasteiger partial charge >= 0.3 is 0 Å². The number of hydrogen-bond acceptors (Lipinski definition) is 4. The van der Waals surface area contributed by atoms with Crippen molar-refractivity contribution in [2.45, 2.75) is 32.7 Å². The van der Waals surface area contributed by atoms with Crippen molar-refractivity contribution >= 4 is 17.0 Å². The Morgan fingerprint density at radius 2 is 2.30 bits per heavy atom. The van der Waals surface area contributed by atoms with Crippen LogP contribution < -0.4 is 0 Å². The zero-order valence-electron chi connectivity index (χ0n) is 13.2. The molecule has 1 aliphatic rings. The van der Waals surface area contributed by atoms with Gasteiger partial charge in [0.25, 0.3) is 11.6 Å². The van der Waals surface area contributed by atoms with Gasteiger partial charge in [-0.3, -0.25) is 4.79 Å². The molecule has 0 aliphatic carbocycles. The molecule has 1 aliphatic heterocycles. The lowest BCUT2D eigenvalue weighted by atomic mass is 10.1. The van der Waals surface area contributed by atoms with Crippen LogP contribution in [0.1, 0.15) is 46.3 Å². The van der Waals surface area contributed by atoms with Crippen LogP contribution in [-0.2, 0) is 0 Å². The molecule has 4 rings (SSSR count). The Labute approximate surface area is 133 Å². The van der Waals surface area contributed by atoms with Crippen LogP contribution in [0.3, 0.4) is 0 Å². The molecule has 0 saturated carbocycles. The Morgan fingerprint density at radius 3 is 3.09 bits per heavy atom. The summed E-state index contributed by atoms with van der Waals surface area (Å²) in [7, 11) is 0. The van der Waals surface area contributed by atoms with Crippen molar-refractivity contribution in [3.8, 4) is 0 Å². The number of carbonyl (C=O) groups is 1. The van der Waals surface area contributed by atoms with Crippen LogP contribution in [0.2, 0.25) is 0 Å². The third-order valence-corrected chi connectivity index (χ3v) is 4.47. The number of likely N-dealkylation sites (tertiary alicyclic amines) is 1. The van der Waals surface area contributed by atoms with Crippen LogP contribution in [-0.4, -0.2) is 32.5 Å². The molecule has 23 heavy (non-hydrogen) atoms. The van der Waals surface area contributed by atoms with E-state index in [0.717, 1.165) is 36.2 Å². The van der Waals surface area contributed by atoms with Gasteiger partial charge in [0, 0.05) is 24.1 Å². The van der Waals surface area contributed by atoms with E-state index in [2.05, 4.69) is 15.1 Å². The molecule has 1 atom stereocenters. The molecule has 6 heteroatoms. The molecule has 118 valence electrons. The highest BCUT2D eigenvalue weighted by Gasteiger charge is 2.32. The molecule has 3 aromatic heterocycles. The number of hydrogen-bond donors (Lipinski definition) is 1. The van der Waals surface area contributed by atoms with Gasteiger partial charge in [0.05, 0.1) is 22.7 Å². The van der Waals surface area contributed by atoms with E-state index in [1.165, 1.54) is 0 Å². The molecule has 3 aromatic rings. The van der Waals surface area contributed by atoms with Gasteiger partial charge in [0.1, 0.15) is 0 Å². The molecule has 6 nitrogen and oxygen atoms in total. The van der Waals surface area contributed by atoms with Crippen molar-refractivity contribution in [3.63, 3.8) is 0 Å². The molecule has 0 aromatic carbocycles. The van der Waals surface area contributed by atoms with Gasteiger partial charge in [-0.25, -0.2) is 4.98 Å². The van der Waals surface area contributed by atoms with Gasteiger partial charge in [-0.1, -0.05) is 5.16 Å². The fraction of sp³-hybridized carbons (Fsp3) is 0.353. The zero-order valence-corrected chi connectivity index (χ0v) is 13.2. The number of H-pyrrole nitrogens is 1. The molecule has 1 amide bonds. The first-order chi connectivity index (χ1) is 11.1. The molecular formula is C17H18N4O2. The minimum absolute atomic E-state index is 0.0175. The summed E-state index contributed by atoms with van der Waals surface area (Å²) in [4.78, 5) is 22.7. The first-order valence-corrected chi connectivity index (χ1v) is 7.83. The molecule has 1 N–H and O–H groups in total. The second-order valence-corrected chi connectivity index (χ2v) is 6.04. The Bertz CT molecular complexity index is 866. The standard InChI is InChI=1S/C17H18N4O2/c1-10-9-12(15-11(2)20-23-16(15)19-10)17(22)21-8-4-6-14(21)13-5-3-7-18-13/h3,5,7,9,14,18H,4,6,8H2,1-2H3/t14-/m0/s1. The van der Waals surface area contributed by atoms with Crippen molar-refractivity contribution in [1.29, 1.82) is 0 Å². The highest BCUT2D eigenvalue weighted by molar-refractivity contribution is 6.06. The number of aromatic nitrogens is 3. The largest absolute Gasteiger partial charge is 0.363 e. The highest BCUT2D eigenvalue weighted by atomic mass is 16.5. The topological polar surface area (TPSA) is 75.0 Å². The number of aryl methyl sites for hydroxylation is 2. The summed E-state index contributed by atoms with van der Waals surface area (Å²) in [6.07, 6.45) is 3.88. The number of carbonyl (C=O) groups excluding carboxylic acids is 1. The smallest absolute Gasteiger partial charge is 0.258 e. The van der Waals surface area contributed by atoms with E-state index >= 15 is 0 Å². The Kier molecular flexibility index (Phi) is 3.18. The van der Waals surface area contributed by atoms with Gasteiger partial charge in [-0.05, 0) is 44.9 Å². The summed E-state index contributed by atoms with van der Waals surface area (Å²) in [6.45, 7) is 4.46. The van der Waals surface area contributed by atoms with E-state index in [0.29, 0.717) is 17.0 Å². The van der Waals surface area contributed by atoms with Crippen molar-refractivity contribution in [2.75, 3.05) is 6.54 Å². The lowest BCUT2D eigenvalue weighted by Crippen LogP contribution is -2.31. The van der Waals surface area contributed by atoms with Gasteiger partial charge in [-0.2, -0.15) is 0 Å². The Balaban J connectivity index is 1.78. The Morgan fingerprint density at radius 1 is 1.43 bits per heavy atom. The van der Waals surface area contributed by atoms with Crippen LogP contribution in [0.25, 0.3) is 11.1 Å². The molecular weight excluding hydrogens is 292 g/mol. The average molecular weight is 310 g/mol. The molecule has 0 bridgehead atoms. The number of rotatable bonds is 2. The van der Waals surface area contributed by atoms with Crippen LogP contribution >= 0.6 is 0 Å². The number of nitrogens with one attached hydrogen (secondary N) is 1. The van der Waals surface area contributed by atoms with Gasteiger partial charge in [-0.15, -0.1) is 0 Å². The SMILES string of the molecule is Cc1cc(C(=O)N2CCC[C@H]2c2ccc[nH]2)c2c(C)noc2n1. The maximum Gasteiger partial charge on any atom is 0.258 e. The lowest BCUT2D eigenvalue weighted by Gasteiger charge is -2.24. The molecule has 4 heterocycles. The highest BCUT2D eigenvalue weighted by Crippen LogP contribution is 2.33. The van der Waals surface area contributed by atoms with Gasteiger partial charge in [0.15, 0.2) is 0 Å². The van der Waals surface area contributed by atoms with E-state index in [9.17, 15) is 4.79 Å². The van der Waals surface area contributed by atoms with E-state index in [1.807, 2.05) is 43.1 Å². The maximum atomic E-state index is 13.2. The first kappa shape index (κ1) is 14.0. The van der Waals surface area contributed by atoms with Crippen LogP contribution in [0.4, 0.5) is 0 Å². The van der Waals surface area contributed by atoms with Crippen molar-refractivity contribution < 1.29 is 9.32 Å². The number of aromatic amines is 1. The predicted molar refractivity (Wildman–Crippen MR) is 85.1 cm³/mol. The zero-order chi connectivity index (χ0) is 16.0. The number of nitrogens with zero attached hydrogens (tertiary/aromatic N) is 3. The van der Waals surface area contributed by atoms with Gasteiger partial charge in [0.2, 0.25) is 0 Å². The van der Waals surface area contributed by atoms with Crippen LogP contribution in [0.15, 0.2) is 28.9 Å². The van der Waals surface area contributed by atoms with Crippen LogP contribution in [0.5, 0.6) is 0 Å². The monoisotopic (exact) mass is 310 g/mol. The molecule has 0 spiro atoms. The third-order valence-electron chi connectivity index (χ3n) is 4.47. The predicted octanol–water partition coefficient (Wildman–Crippen LogP) is 3.15. The third kappa shape index (κ3) is 2.21. The maximum absolute atomic E-state index is 13.2. The fourth-order valence-electron chi connectivity index (χ4n) is 3.43. The molecule has 0 radical (unpaired) electrons. The van der Waals surface area contributed by atoms with Crippen LogP contribution in [0, 0.1) is 13.8 Å². The number of amides is 1. The quantitative estimate of drug-likeness (QED) is 0.789. The van der Waals surface area contributed by atoms with Crippen molar-refractivity contribution in [2.24, 2.45) is 0 Å². The summed E-state index contributed by atoms with van der Waals surface area (Å²) in [5.41, 5.74) is 3.60.